The molecule has 2 aromatic rings. The van der Waals surface area contributed by atoms with Gasteiger partial charge in [0.2, 0.25) is 11.8 Å². The molecule has 0 bridgehead atoms. The van der Waals surface area contributed by atoms with E-state index in [0.29, 0.717) is 37.3 Å². The molecule has 2 amide bonds. The summed E-state index contributed by atoms with van der Waals surface area (Å²) in [6.45, 7) is 1.52. The van der Waals surface area contributed by atoms with E-state index in [1.165, 1.54) is 0 Å². The monoisotopic (exact) mass is 344 g/mol. The number of amides is 2. The lowest BCUT2D eigenvalue weighted by molar-refractivity contribution is -0.134. The summed E-state index contributed by atoms with van der Waals surface area (Å²) in [6.07, 6.45) is 3.47. The lowest BCUT2D eigenvalue weighted by Gasteiger charge is -2.36. The van der Waals surface area contributed by atoms with Crippen molar-refractivity contribution in [2.24, 2.45) is 5.73 Å². The second-order valence-electron chi connectivity index (χ2n) is 6.38. The number of carbonyl (C=O) groups excluding carboxylic acids is 2. The van der Waals surface area contributed by atoms with Gasteiger partial charge in [0.1, 0.15) is 5.69 Å². The lowest BCUT2D eigenvalue weighted by atomic mass is 10.0. The Morgan fingerprint density at radius 2 is 2.16 bits per heavy atom. The zero-order valence-corrected chi connectivity index (χ0v) is 14.2. The zero-order chi connectivity index (χ0) is 17.6. The van der Waals surface area contributed by atoms with Gasteiger partial charge in [0.05, 0.1) is 6.42 Å². The quantitative estimate of drug-likeness (QED) is 0.820. The molecular weight excluding hydrogens is 320 g/mol. The summed E-state index contributed by atoms with van der Waals surface area (Å²) in [5, 5.41) is 7.80. The molecule has 0 radical (unpaired) electrons. The molecule has 7 heteroatoms. The highest BCUT2D eigenvalue weighted by molar-refractivity contribution is 5.86. The van der Waals surface area contributed by atoms with E-state index in [9.17, 15) is 9.59 Å². The fourth-order valence-corrected chi connectivity index (χ4v) is 3.30. The van der Waals surface area contributed by atoms with Gasteiger partial charge in [-0.3, -0.25) is 9.59 Å². The van der Waals surface area contributed by atoms with Gasteiger partial charge in [0.15, 0.2) is 5.58 Å². The SMILES string of the molecule is NCCC(=O)NCC1CCCCN1C(=O)Cc1noc2ccccc12. The van der Waals surface area contributed by atoms with Crippen molar-refractivity contribution in [2.75, 3.05) is 19.6 Å². The summed E-state index contributed by atoms with van der Waals surface area (Å²) in [6, 6.07) is 7.57. The molecule has 1 atom stereocenters. The number of piperidine rings is 1. The Hall–Kier alpha value is -2.41. The van der Waals surface area contributed by atoms with E-state index in [4.69, 9.17) is 10.3 Å². The van der Waals surface area contributed by atoms with Crippen molar-refractivity contribution in [2.45, 2.75) is 38.1 Å². The maximum Gasteiger partial charge on any atom is 0.229 e. The Morgan fingerprint density at radius 3 is 3.00 bits per heavy atom. The Balaban J connectivity index is 1.65. The van der Waals surface area contributed by atoms with Crippen molar-refractivity contribution < 1.29 is 14.1 Å². The van der Waals surface area contributed by atoms with Crippen LogP contribution in [-0.4, -0.2) is 47.5 Å². The molecule has 7 nitrogen and oxygen atoms in total. The van der Waals surface area contributed by atoms with Crippen molar-refractivity contribution in [3.63, 3.8) is 0 Å². The molecule has 1 aromatic carbocycles. The number of aromatic nitrogens is 1. The van der Waals surface area contributed by atoms with E-state index in [1.54, 1.807) is 0 Å². The number of nitrogens with zero attached hydrogens (tertiary/aromatic N) is 2. The Labute approximate surface area is 146 Å². The van der Waals surface area contributed by atoms with Crippen LogP contribution in [0.15, 0.2) is 28.8 Å². The number of benzene rings is 1. The number of nitrogens with one attached hydrogen (secondary N) is 1. The van der Waals surface area contributed by atoms with Crippen LogP contribution < -0.4 is 11.1 Å². The molecule has 3 rings (SSSR count). The summed E-state index contributed by atoms with van der Waals surface area (Å²) < 4.78 is 5.28. The van der Waals surface area contributed by atoms with Crippen molar-refractivity contribution >= 4 is 22.8 Å². The molecule has 3 N–H and O–H groups in total. The lowest BCUT2D eigenvalue weighted by Crippen LogP contribution is -2.50. The van der Waals surface area contributed by atoms with Crippen molar-refractivity contribution in [3.8, 4) is 0 Å². The summed E-state index contributed by atoms with van der Waals surface area (Å²) in [7, 11) is 0. The number of rotatable bonds is 6. The highest BCUT2D eigenvalue weighted by atomic mass is 16.5. The third-order valence-electron chi connectivity index (χ3n) is 4.62. The minimum Gasteiger partial charge on any atom is -0.356 e. The molecular formula is C18H24N4O3. The maximum atomic E-state index is 12.8. The Kier molecular flexibility index (Phi) is 5.65. The third kappa shape index (κ3) is 4.17. The molecule has 1 unspecified atom stereocenters. The molecule has 25 heavy (non-hydrogen) atoms. The molecule has 1 aliphatic heterocycles. The van der Waals surface area contributed by atoms with Crippen LogP contribution in [-0.2, 0) is 16.0 Å². The van der Waals surface area contributed by atoms with Gasteiger partial charge in [0.25, 0.3) is 0 Å². The second kappa shape index (κ2) is 8.11. The second-order valence-corrected chi connectivity index (χ2v) is 6.38. The van der Waals surface area contributed by atoms with Crippen LogP contribution in [0.4, 0.5) is 0 Å². The number of hydrogen-bond acceptors (Lipinski definition) is 5. The van der Waals surface area contributed by atoms with Crippen molar-refractivity contribution in [1.29, 1.82) is 0 Å². The summed E-state index contributed by atoms with van der Waals surface area (Å²) in [5.41, 5.74) is 6.75. The summed E-state index contributed by atoms with van der Waals surface area (Å²) >= 11 is 0. The van der Waals surface area contributed by atoms with Crippen LogP contribution in [0.1, 0.15) is 31.4 Å². The number of nitrogens with two attached hydrogens (primary N) is 1. The average molecular weight is 344 g/mol. The van der Waals surface area contributed by atoms with Crippen molar-refractivity contribution in [3.05, 3.63) is 30.0 Å². The molecule has 0 aliphatic carbocycles. The van der Waals surface area contributed by atoms with Gasteiger partial charge in [-0.25, -0.2) is 0 Å². The summed E-state index contributed by atoms with van der Waals surface area (Å²) in [4.78, 5) is 26.3. The molecule has 1 aliphatic rings. The predicted molar refractivity (Wildman–Crippen MR) is 93.7 cm³/mol. The van der Waals surface area contributed by atoms with Gasteiger partial charge >= 0.3 is 0 Å². The van der Waals surface area contributed by atoms with Gasteiger partial charge in [-0.15, -0.1) is 0 Å². The molecule has 134 valence electrons. The average Bonchev–Trinajstić information content (AvgIpc) is 3.03. The molecule has 2 heterocycles. The largest absolute Gasteiger partial charge is 0.356 e. The fourth-order valence-electron chi connectivity index (χ4n) is 3.30. The fraction of sp³-hybridized carbons (Fsp3) is 0.500. The van der Waals surface area contributed by atoms with E-state index in [-0.39, 0.29) is 24.3 Å². The van der Waals surface area contributed by atoms with Crippen LogP contribution >= 0.6 is 0 Å². The van der Waals surface area contributed by atoms with E-state index in [0.717, 1.165) is 24.6 Å². The first-order chi connectivity index (χ1) is 12.2. The van der Waals surface area contributed by atoms with Gasteiger partial charge in [-0.2, -0.15) is 0 Å². The number of para-hydroxylation sites is 1. The first-order valence-corrected chi connectivity index (χ1v) is 8.78. The smallest absolute Gasteiger partial charge is 0.229 e. The molecule has 1 fully saturated rings. The first kappa shape index (κ1) is 17.4. The van der Waals surface area contributed by atoms with E-state index >= 15 is 0 Å². The minimum atomic E-state index is -0.0667. The predicted octanol–water partition coefficient (Wildman–Crippen LogP) is 1.22. The van der Waals surface area contributed by atoms with Gasteiger partial charge < -0.3 is 20.5 Å². The van der Waals surface area contributed by atoms with Crippen LogP contribution in [0.3, 0.4) is 0 Å². The van der Waals surface area contributed by atoms with Crippen LogP contribution in [0.25, 0.3) is 11.0 Å². The number of likely N-dealkylation sites (tertiary alicyclic amines) is 1. The Morgan fingerprint density at radius 1 is 1.32 bits per heavy atom. The van der Waals surface area contributed by atoms with Crippen LogP contribution in [0.5, 0.6) is 0 Å². The van der Waals surface area contributed by atoms with Crippen molar-refractivity contribution in [1.82, 2.24) is 15.4 Å². The zero-order valence-electron chi connectivity index (χ0n) is 14.2. The molecule has 0 saturated carbocycles. The molecule has 1 saturated heterocycles. The normalized spacial score (nSPS) is 17.6. The number of carbonyl (C=O) groups is 2. The van der Waals surface area contributed by atoms with Crippen LogP contribution in [0, 0.1) is 0 Å². The minimum absolute atomic E-state index is 0.0248. The molecule has 1 aromatic heterocycles. The van der Waals surface area contributed by atoms with E-state index < -0.39 is 0 Å². The first-order valence-electron chi connectivity index (χ1n) is 8.78. The maximum absolute atomic E-state index is 12.8. The third-order valence-corrected chi connectivity index (χ3v) is 4.62. The van der Waals surface area contributed by atoms with Gasteiger partial charge in [-0.05, 0) is 31.4 Å². The summed E-state index contributed by atoms with van der Waals surface area (Å²) in [5.74, 6) is -0.0419. The highest BCUT2D eigenvalue weighted by Crippen LogP contribution is 2.21. The molecule has 0 spiro atoms. The standard InChI is InChI=1S/C18H24N4O3/c19-9-8-17(23)20-12-13-5-3-4-10-22(13)18(24)11-15-14-6-1-2-7-16(14)25-21-15/h1-2,6-7,13H,3-5,8-12,19H2,(H,20,23). The van der Waals surface area contributed by atoms with Gasteiger partial charge in [0, 0.05) is 37.5 Å². The Bertz CT molecular complexity index is 743. The number of fused-ring (bicyclic) bond motifs is 1. The van der Waals surface area contributed by atoms with E-state index in [1.807, 2.05) is 29.2 Å². The van der Waals surface area contributed by atoms with E-state index in [2.05, 4.69) is 10.5 Å². The van der Waals surface area contributed by atoms with Gasteiger partial charge in [-0.1, -0.05) is 17.3 Å². The highest BCUT2D eigenvalue weighted by Gasteiger charge is 2.28. The number of hydrogen-bond donors (Lipinski definition) is 2. The van der Waals surface area contributed by atoms with Crippen LogP contribution in [0.2, 0.25) is 0 Å². The topological polar surface area (TPSA) is 101 Å².